The van der Waals surface area contributed by atoms with Crippen LogP contribution in [0.2, 0.25) is 0 Å². The second-order valence-electron chi connectivity index (χ2n) is 4.08. The molecule has 20 heavy (non-hydrogen) atoms. The van der Waals surface area contributed by atoms with Gasteiger partial charge in [0.1, 0.15) is 28.6 Å². The van der Waals surface area contributed by atoms with Gasteiger partial charge in [0.05, 0.1) is 19.9 Å². The highest BCUT2D eigenvalue weighted by atomic mass is 32.1. The summed E-state index contributed by atoms with van der Waals surface area (Å²) in [5.41, 5.74) is 1.67. The van der Waals surface area contributed by atoms with Gasteiger partial charge in [-0.2, -0.15) is 0 Å². The van der Waals surface area contributed by atoms with E-state index in [0.29, 0.717) is 17.1 Å². The van der Waals surface area contributed by atoms with E-state index in [1.165, 1.54) is 0 Å². The van der Waals surface area contributed by atoms with Crippen LogP contribution in [-0.4, -0.2) is 31.3 Å². The normalized spacial score (nSPS) is 10.3. The fourth-order valence-electron chi connectivity index (χ4n) is 1.88. The summed E-state index contributed by atoms with van der Waals surface area (Å²) in [4.78, 5) is 7.40. The SMILES string of the molecule is COCc1nc(=S)cc(-c2cc(OC)ccc2OC)[nH]1. The van der Waals surface area contributed by atoms with Gasteiger partial charge in [0.25, 0.3) is 0 Å². The number of hydrogen-bond acceptors (Lipinski definition) is 5. The minimum atomic E-state index is 0.365. The van der Waals surface area contributed by atoms with E-state index in [4.69, 9.17) is 26.4 Å². The van der Waals surface area contributed by atoms with Crippen molar-refractivity contribution < 1.29 is 14.2 Å². The molecular weight excluding hydrogens is 276 g/mol. The molecule has 0 aliphatic heterocycles. The van der Waals surface area contributed by atoms with Gasteiger partial charge in [0, 0.05) is 12.7 Å². The van der Waals surface area contributed by atoms with Gasteiger partial charge in [-0.25, -0.2) is 4.98 Å². The van der Waals surface area contributed by atoms with E-state index in [-0.39, 0.29) is 0 Å². The van der Waals surface area contributed by atoms with Crippen molar-refractivity contribution in [2.75, 3.05) is 21.3 Å². The molecule has 106 valence electrons. The summed E-state index contributed by atoms with van der Waals surface area (Å²) in [5, 5.41) is 0. The lowest BCUT2D eigenvalue weighted by Crippen LogP contribution is -2.00. The van der Waals surface area contributed by atoms with Crippen LogP contribution in [0.1, 0.15) is 5.82 Å². The molecule has 0 radical (unpaired) electrons. The van der Waals surface area contributed by atoms with Crippen LogP contribution in [0.5, 0.6) is 11.5 Å². The number of hydrogen-bond donors (Lipinski definition) is 1. The molecule has 2 rings (SSSR count). The third-order valence-corrected chi connectivity index (χ3v) is 2.98. The first kappa shape index (κ1) is 14.5. The third kappa shape index (κ3) is 3.15. The summed E-state index contributed by atoms with van der Waals surface area (Å²) in [6.07, 6.45) is 0. The Morgan fingerprint density at radius 2 is 1.95 bits per heavy atom. The van der Waals surface area contributed by atoms with E-state index >= 15 is 0 Å². The number of benzene rings is 1. The van der Waals surface area contributed by atoms with Gasteiger partial charge >= 0.3 is 0 Å². The van der Waals surface area contributed by atoms with Crippen molar-refractivity contribution in [2.24, 2.45) is 0 Å². The number of aromatic amines is 1. The van der Waals surface area contributed by atoms with Crippen LogP contribution in [0.4, 0.5) is 0 Å². The predicted octanol–water partition coefficient (Wildman–Crippen LogP) is 2.97. The maximum atomic E-state index is 5.38. The third-order valence-electron chi connectivity index (χ3n) is 2.77. The van der Waals surface area contributed by atoms with E-state index in [9.17, 15) is 0 Å². The average Bonchev–Trinajstić information content (AvgIpc) is 2.46. The Bertz CT molecular complexity index is 655. The quantitative estimate of drug-likeness (QED) is 0.859. The van der Waals surface area contributed by atoms with Crippen molar-refractivity contribution in [1.82, 2.24) is 9.97 Å². The van der Waals surface area contributed by atoms with Crippen LogP contribution in [0.3, 0.4) is 0 Å². The van der Waals surface area contributed by atoms with Crippen LogP contribution in [-0.2, 0) is 11.3 Å². The summed E-state index contributed by atoms with van der Waals surface area (Å²) < 4.78 is 16.2. The van der Waals surface area contributed by atoms with Crippen LogP contribution < -0.4 is 9.47 Å². The lowest BCUT2D eigenvalue weighted by Gasteiger charge is -2.11. The molecule has 5 nitrogen and oxygen atoms in total. The maximum absolute atomic E-state index is 5.38. The molecule has 0 amide bonds. The first-order valence-corrected chi connectivity index (χ1v) is 6.40. The maximum Gasteiger partial charge on any atom is 0.134 e. The Hall–Kier alpha value is -1.92. The van der Waals surface area contributed by atoms with Crippen LogP contribution in [0.25, 0.3) is 11.3 Å². The van der Waals surface area contributed by atoms with E-state index in [1.807, 2.05) is 18.2 Å². The monoisotopic (exact) mass is 292 g/mol. The van der Waals surface area contributed by atoms with Gasteiger partial charge < -0.3 is 19.2 Å². The number of H-pyrrole nitrogens is 1. The number of nitrogens with zero attached hydrogens (tertiary/aromatic N) is 1. The standard InChI is InChI=1S/C14H16N2O3S/c1-17-8-13-15-11(7-14(20)16-13)10-6-9(18-2)4-5-12(10)19-3/h4-7H,8H2,1-3H3,(H,15,16,20). The molecule has 0 spiro atoms. The Labute approximate surface area is 122 Å². The molecule has 1 aromatic heterocycles. The molecule has 0 unspecified atom stereocenters. The average molecular weight is 292 g/mol. The van der Waals surface area contributed by atoms with Gasteiger partial charge in [-0.1, -0.05) is 12.2 Å². The number of ether oxygens (including phenoxy) is 3. The smallest absolute Gasteiger partial charge is 0.134 e. The van der Waals surface area contributed by atoms with E-state index in [2.05, 4.69) is 9.97 Å². The molecule has 0 fully saturated rings. The molecule has 1 aromatic carbocycles. The van der Waals surface area contributed by atoms with Crippen LogP contribution in [0.15, 0.2) is 24.3 Å². The zero-order chi connectivity index (χ0) is 14.5. The highest BCUT2D eigenvalue weighted by Crippen LogP contribution is 2.32. The molecule has 0 aliphatic rings. The number of nitrogens with one attached hydrogen (secondary N) is 1. The van der Waals surface area contributed by atoms with Gasteiger partial charge in [-0.15, -0.1) is 0 Å². The van der Waals surface area contributed by atoms with E-state index in [0.717, 1.165) is 22.8 Å². The zero-order valence-corrected chi connectivity index (χ0v) is 12.4. The fourth-order valence-corrected chi connectivity index (χ4v) is 2.11. The van der Waals surface area contributed by atoms with Crippen molar-refractivity contribution in [3.05, 3.63) is 34.7 Å². The lowest BCUT2D eigenvalue weighted by atomic mass is 10.1. The van der Waals surface area contributed by atoms with Crippen molar-refractivity contribution >= 4 is 12.2 Å². The largest absolute Gasteiger partial charge is 0.497 e. The molecule has 0 atom stereocenters. The van der Waals surface area contributed by atoms with Crippen molar-refractivity contribution in [3.8, 4) is 22.8 Å². The minimum Gasteiger partial charge on any atom is -0.497 e. The fraction of sp³-hybridized carbons (Fsp3) is 0.286. The molecule has 0 aliphatic carbocycles. The van der Waals surface area contributed by atoms with Gasteiger partial charge in [-0.05, 0) is 24.3 Å². The Kier molecular flexibility index (Phi) is 4.70. The van der Waals surface area contributed by atoms with Crippen LogP contribution in [0, 0.1) is 4.64 Å². The Morgan fingerprint density at radius 1 is 1.15 bits per heavy atom. The Balaban J connectivity index is 2.57. The molecule has 1 heterocycles. The van der Waals surface area contributed by atoms with E-state index < -0.39 is 0 Å². The summed E-state index contributed by atoms with van der Waals surface area (Å²) >= 11 is 5.18. The minimum absolute atomic E-state index is 0.365. The van der Waals surface area contributed by atoms with E-state index in [1.54, 1.807) is 27.4 Å². The van der Waals surface area contributed by atoms with Gasteiger partial charge in [0.2, 0.25) is 0 Å². The highest BCUT2D eigenvalue weighted by molar-refractivity contribution is 7.71. The predicted molar refractivity (Wildman–Crippen MR) is 78.7 cm³/mol. The van der Waals surface area contributed by atoms with Crippen molar-refractivity contribution in [1.29, 1.82) is 0 Å². The molecule has 0 bridgehead atoms. The van der Waals surface area contributed by atoms with Gasteiger partial charge in [0.15, 0.2) is 0 Å². The number of methoxy groups -OCH3 is 3. The Morgan fingerprint density at radius 3 is 2.60 bits per heavy atom. The van der Waals surface area contributed by atoms with Gasteiger partial charge in [-0.3, -0.25) is 0 Å². The molecule has 1 N–H and O–H groups in total. The molecule has 0 saturated heterocycles. The number of aromatic nitrogens is 2. The van der Waals surface area contributed by atoms with Crippen molar-refractivity contribution in [2.45, 2.75) is 6.61 Å². The topological polar surface area (TPSA) is 56.4 Å². The molecule has 0 saturated carbocycles. The molecule has 6 heteroatoms. The van der Waals surface area contributed by atoms with Crippen molar-refractivity contribution in [3.63, 3.8) is 0 Å². The number of rotatable bonds is 5. The summed E-state index contributed by atoms with van der Waals surface area (Å²) in [7, 11) is 4.85. The van der Waals surface area contributed by atoms with Crippen LogP contribution >= 0.6 is 12.2 Å². The molecular formula is C14H16N2O3S. The zero-order valence-electron chi connectivity index (χ0n) is 11.6. The second kappa shape index (κ2) is 6.49. The first-order valence-electron chi connectivity index (χ1n) is 5.99. The molecule has 2 aromatic rings. The highest BCUT2D eigenvalue weighted by Gasteiger charge is 2.09. The second-order valence-corrected chi connectivity index (χ2v) is 4.50. The summed E-state index contributed by atoms with van der Waals surface area (Å²) in [6, 6.07) is 7.36. The summed E-state index contributed by atoms with van der Waals surface area (Å²) in [6.45, 7) is 0.365. The lowest BCUT2D eigenvalue weighted by molar-refractivity contribution is 0.177. The summed E-state index contributed by atoms with van der Waals surface area (Å²) in [5.74, 6) is 2.14. The first-order chi connectivity index (χ1) is 9.67.